The summed E-state index contributed by atoms with van der Waals surface area (Å²) < 4.78 is 10.6. The average molecular weight is 289 g/mol. The van der Waals surface area contributed by atoms with Crippen molar-refractivity contribution in [2.75, 3.05) is 20.3 Å². The van der Waals surface area contributed by atoms with Crippen molar-refractivity contribution in [3.05, 3.63) is 29.3 Å². The standard InChI is InChI=1S/C17H23NO3/c1-20-16(19)17(11-18,14-3-4-14)8-6-12-2-5-15-13(10-12)7-9-21-15/h2,5,10,14H,3-4,6-9,11,18H2,1H3. The minimum atomic E-state index is -0.496. The van der Waals surface area contributed by atoms with Crippen LogP contribution in [0.25, 0.3) is 0 Å². The van der Waals surface area contributed by atoms with E-state index in [2.05, 4.69) is 12.1 Å². The van der Waals surface area contributed by atoms with Crippen molar-refractivity contribution in [3.8, 4) is 5.75 Å². The van der Waals surface area contributed by atoms with Crippen LogP contribution in [0.2, 0.25) is 0 Å². The molecule has 1 saturated carbocycles. The molecule has 114 valence electrons. The highest BCUT2D eigenvalue weighted by Crippen LogP contribution is 2.48. The van der Waals surface area contributed by atoms with E-state index in [1.807, 2.05) is 6.07 Å². The summed E-state index contributed by atoms with van der Waals surface area (Å²) in [7, 11) is 1.46. The van der Waals surface area contributed by atoms with Gasteiger partial charge in [-0.3, -0.25) is 4.79 Å². The van der Waals surface area contributed by atoms with Gasteiger partial charge in [-0.25, -0.2) is 0 Å². The summed E-state index contributed by atoms with van der Waals surface area (Å²) in [4.78, 5) is 12.2. The molecule has 1 unspecified atom stereocenters. The largest absolute Gasteiger partial charge is 0.493 e. The first-order valence-electron chi connectivity index (χ1n) is 7.72. The SMILES string of the molecule is COC(=O)C(CN)(CCc1ccc2c(c1)CCO2)C1CC1. The van der Waals surface area contributed by atoms with E-state index < -0.39 is 5.41 Å². The summed E-state index contributed by atoms with van der Waals surface area (Å²) in [6.07, 6.45) is 4.77. The van der Waals surface area contributed by atoms with Gasteiger partial charge in [-0.1, -0.05) is 12.1 Å². The summed E-state index contributed by atoms with van der Waals surface area (Å²) in [6.45, 7) is 1.15. The van der Waals surface area contributed by atoms with Crippen molar-refractivity contribution < 1.29 is 14.3 Å². The van der Waals surface area contributed by atoms with Crippen LogP contribution in [0.15, 0.2) is 18.2 Å². The number of esters is 1. The number of aryl methyl sites for hydroxylation is 1. The molecule has 1 aromatic carbocycles. The molecule has 1 aromatic rings. The van der Waals surface area contributed by atoms with Gasteiger partial charge in [0.1, 0.15) is 5.75 Å². The summed E-state index contributed by atoms with van der Waals surface area (Å²) in [5, 5.41) is 0. The first-order valence-corrected chi connectivity index (χ1v) is 7.72. The molecule has 1 fully saturated rings. The molecule has 1 atom stereocenters. The van der Waals surface area contributed by atoms with E-state index in [-0.39, 0.29) is 5.97 Å². The molecule has 0 bridgehead atoms. The van der Waals surface area contributed by atoms with Gasteiger partial charge in [0.25, 0.3) is 0 Å². The number of rotatable bonds is 6. The van der Waals surface area contributed by atoms with Crippen molar-refractivity contribution in [2.45, 2.75) is 32.1 Å². The zero-order valence-corrected chi connectivity index (χ0v) is 12.6. The van der Waals surface area contributed by atoms with Crippen molar-refractivity contribution in [1.82, 2.24) is 0 Å². The number of hydrogen-bond acceptors (Lipinski definition) is 4. The van der Waals surface area contributed by atoms with Crippen molar-refractivity contribution in [3.63, 3.8) is 0 Å². The highest BCUT2D eigenvalue weighted by molar-refractivity contribution is 5.78. The first-order chi connectivity index (χ1) is 10.2. The quantitative estimate of drug-likeness (QED) is 0.815. The van der Waals surface area contributed by atoms with Crippen LogP contribution < -0.4 is 10.5 Å². The van der Waals surface area contributed by atoms with Crippen LogP contribution >= 0.6 is 0 Å². The van der Waals surface area contributed by atoms with E-state index in [0.717, 1.165) is 44.5 Å². The Hall–Kier alpha value is -1.55. The third-order valence-corrected chi connectivity index (χ3v) is 4.93. The van der Waals surface area contributed by atoms with Crippen LogP contribution in [0.4, 0.5) is 0 Å². The van der Waals surface area contributed by atoms with Gasteiger partial charge >= 0.3 is 5.97 Å². The number of nitrogens with two attached hydrogens (primary N) is 1. The molecule has 1 heterocycles. The fourth-order valence-corrected chi connectivity index (χ4v) is 3.43. The fourth-order valence-electron chi connectivity index (χ4n) is 3.43. The second-order valence-corrected chi connectivity index (χ2v) is 6.17. The Bertz CT molecular complexity index is 539. The van der Waals surface area contributed by atoms with Gasteiger partial charge in [-0.05, 0) is 48.8 Å². The lowest BCUT2D eigenvalue weighted by Crippen LogP contribution is -2.42. The molecule has 4 nitrogen and oxygen atoms in total. The Labute approximate surface area is 125 Å². The zero-order valence-electron chi connectivity index (χ0n) is 12.6. The predicted molar refractivity (Wildman–Crippen MR) is 80.2 cm³/mol. The van der Waals surface area contributed by atoms with Gasteiger partial charge in [-0.2, -0.15) is 0 Å². The molecule has 0 amide bonds. The summed E-state index contributed by atoms with van der Waals surface area (Å²) >= 11 is 0. The third-order valence-electron chi connectivity index (χ3n) is 4.93. The predicted octanol–water partition coefficient (Wildman–Crippen LogP) is 2.08. The fraction of sp³-hybridized carbons (Fsp3) is 0.588. The minimum absolute atomic E-state index is 0.142. The van der Waals surface area contributed by atoms with Gasteiger partial charge in [0.2, 0.25) is 0 Å². The zero-order chi connectivity index (χ0) is 14.9. The van der Waals surface area contributed by atoms with Gasteiger partial charge in [-0.15, -0.1) is 0 Å². The number of carbonyl (C=O) groups is 1. The normalized spacial score (nSPS) is 19.5. The number of hydrogen-bond donors (Lipinski definition) is 1. The average Bonchev–Trinajstić information content (AvgIpc) is 3.26. The maximum Gasteiger partial charge on any atom is 0.313 e. The number of benzene rings is 1. The Morgan fingerprint density at radius 3 is 2.95 bits per heavy atom. The van der Waals surface area contributed by atoms with Crippen LogP contribution in [-0.4, -0.2) is 26.2 Å². The van der Waals surface area contributed by atoms with E-state index in [1.165, 1.54) is 18.2 Å². The van der Waals surface area contributed by atoms with E-state index in [4.69, 9.17) is 15.2 Å². The number of ether oxygens (including phenoxy) is 2. The smallest absolute Gasteiger partial charge is 0.313 e. The molecular formula is C17H23NO3. The molecule has 1 aliphatic carbocycles. The van der Waals surface area contributed by atoms with Crippen LogP contribution in [0.1, 0.15) is 30.4 Å². The molecule has 0 aromatic heterocycles. The minimum Gasteiger partial charge on any atom is -0.493 e. The lowest BCUT2D eigenvalue weighted by atomic mass is 9.77. The van der Waals surface area contributed by atoms with Crippen molar-refractivity contribution in [1.29, 1.82) is 0 Å². The molecule has 3 rings (SSSR count). The molecule has 2 aliphatic rings. The van der Waals surface area contributed by atoms with E-state index in [0.29, 0.717) is 12.5 Å². The Balaban J connectivity index is 1.73. The molecular weight excluding hydrogens is 266 g/mol. The summed E-state index contributed by atoms with van der Waals surface area (Å²) in [5.41, 5.74) is 7.99. The molecule has 4 heteroatoms. The number of fused-ring (bicyclic) bond motifs is 1. The summed E-state index contributed by atoms with van der Waals surface area (Å²) in [5.74, 6) is 1.25. The van der Waals surface area contributed by atoms with Gasteiger partial charge in [0.15, 0.2) is 0 Å². The van der Waals surface area contributed by atoms with Gasteiger partial charge in [0.05, 0.1) is 19.1 Å². The van der Waals surface area contributed by atoms with E-state index >= 15 is 0 Å². The maximum absolute atomic E-state index is 12.2. The number of methoxy groups -OCH3 is 1. The Morgan fingerprint density at radius 1 is 1.48 bits per heavy atom. The molecule has 0 radical (unpaired) electrons. The Morgan fingerprint density at radius 2 is 2.29 bits per heavy atom. The molecule has 0 saturated heterocycles. The van der Waals surface area contributed by atoms with Crippen LogP contribution in [0.3, 0.4) is 0 Å². The van der Waals surface area contributed by atoms with Crippen LogP contribution in [0.5, 0.6) is 5.75 Å². The molecule has 21 heavy (non-hydrogen) atoms. The van der Waals surface area contributed by atoms with E-state index in [1.54, 1.807) is 0 Å². The summed E-state index contributed by atoms with van der Waals surface area (Å²) in [6, 6.07) is 6.33. The van der Waals surface area contributed by atoms with E-state index in [9.17, 15) is 4.79 Å². The van der Waals surface area contributed by atoms with Gasteiger partial charge < -0.3 is 15.2 Å². The molecule has 0 spiro atoms. The van der Waals surface area contributed by atoms with Gasteiger partial charge in [0, 0.05) is 13.0 Å². The molecule has 2 N–H and O–H groups in total. The van der Waals surface area contributed by atoms with Crippen LogP contribution in [0, 0.1) is 11.3 Å². The lowest BCUT2D eigenvalue weighted by molar-refractivity contribution is -0.154. The second kappa shape index (κ2) is 5.68. The maximum atomic E-state index is 12.2. The highest BCUT2D eigenvalue weighted by Gasteiger charge is 2.50. The second-order valence-electron chi connectivity index (χ2n) is 6.17. The topological polar surface area (TPSA) is 61.5 Å². The van der Waals surface area contributed by atoms with Crippen LogP contribution in [-0.2, 0) is 22.4 Å². The monoisotopic (exact) mass is 289 g/mol. The third kappa shape index (κ3) is 2.64. The van der Waals surface area contributed by atoms with Crippen molar-refractivity contribution in [2.24, 2.45) is 17.1 Å². The first kappa shape index (κ1) is 14.4. The molecule has 1 aliphatic heterocycles. The lowest BCUT2D eigenvalue weighted by Gasteiger charge is -2.29. The van der Waals surface area contributed by atoms with Crippen molar-refractivity contribution >= 4 is 5.97 Å². The Kier molecular flexibility index (Phi) is 3.89. The number of carbonyl (C=O) groups excluding carboxylic acids is 1. The highest BCUT2D eigenvalue weighted by atomic mass is 16.5.